The van der Waals surface area contributed by atoms with E-state index >= 15 is 0 Å². The van der Waals surface area contributed by atoms with Gasteiger partial charge in [0, 0.05) is 23.0 Å². The maximum atomic E-state index is 13.4. The molecule has 3 N–H and O–H groups in total. The zero-order valence-electron chi connectivity index (χ0n) is 13.2. The van der Waals surface area contributed by atoms with Crippen LogP contribution in [-0.2, 0) is 6.42 Å². The largest absolute Gasteiger partial charge is 0.399 e. The maximum absolute atomic E-state index is 13.4. The van der Waals surface area contributed by atoms with Gasteiger partial charge in [0.25, 0.3) is 0 Å². The Balaban J connectivity index is 2.22. The molecular weight excluding hydrogens is 339 g/mol. The van der Waals surface area contributed by atoms with Crippen LogP contribution in [-0.4, -0.2) is 4.98 Å². The first-order valence-electron chi connectivity index (χ1n) is 7.47. The normalized spacial score (nSPS) is 10.4. The van der Waals surface area contributed by atoms with Crippen LogP contribution in [0.5, 0.6) is 0 Å². The summed E-state index contributed by atoms with van der Waals surface area (Å²) in [5.41, 5.74) is 9.66. The highest BCUT2D eigenvalue weighted by Crippen LogP contribution is 2.33. The third-order valence-corrected chi connectivity index (χ3v) is 4.04. The number of benzene rings is 2. The van der Waals surface area contributed by atoms with Gasteiger partial charge in [0.1, 0.15) is 11.9 Å². The molecule has 0 saturated carbocycles. The number of halogens is 2. The van der Waals surface area contributed by atoms with Gasteiger partial charge in [-0.25, -0.2) is 4.39 Å². The predicted octanol–water partition coefficient (Wildman–Crippen LogP) is 4.95. The quantitative estimate of drug-likeness (QED) is 0.514. The Bertz CT molecular complexity index is 1020. The van der Waals surface area contributed by atoms with Crippen LogP contribution in [0.1, 0.15) is 11.1 Å². The SMILES string of the molecule is C=CCc1cc(N)cc2c(Nc3ccc(F)c(Cl)c3)c(C#N)cnc12. The minimum Gasteiger partial charge on any atom is -0.399 e. The van der Waals surface area contributed by atoms with Crippen LogP contribution in [0, 0.1) is 17.1 Å². The number of hydrogen-bond acceptors (Lipinski definition) is 4. The van der Waals surface area contributed by atoms with Crippen molar-refractivity contribution in [1.82, 2.24) is 4.98 Å². The lowest BCUT2D eigenvalue weighted by Gasteiger charge is -2.14. The number of pyridine rings is 1. The fourth-order valence-electron chi connectivity index (χ4n) is 2.65. The molecule has 0 bridgehead atoms. The monoisotopic (exact) mass is 352 g/mol. The van der Waals surface area contributed by atoms with E-state index in [9.17, 15) is 9.65 Å². The van der Waals surface area contributed by atoms with E-state index in [1.54, 1.807) is 18.2 Å². The third-order valence-electron chi connectivity index (χ3n) is 3.75. The van der Waals surface area contributed by atoms with Crippen LogP contribution >= 0.6 is 11.6 Å². The zero-order chi connectivity index (χ0) is 18.0. The molecule has 25 heavy (non-hydrogen) atoms. The van der Waals surface area contributed by atoms with Gasteiger partial charge < -0.3 is 11.1 Å². The summed E-state index contributed by atoms with van der Waals surface area (Å²) in [6, 6.07) is 9.97. The van der Waals surface area contributed by atoms with Gasteiger partial charge in [0.05, 0.1) is 21.8 Å². The molecule has 0 atom stereocenters. The Labute approximate surface area is 149 Å². The lowest BCUT2D eigenvalue weighted by atomic mass is 10.0. The summed E-state index contributed by atoms with van der Waals surface area (Å²) in [4.78, 5) is 4.39. The van der Waals surface area contributed by atoms with Crippen LogP contribution < -0.4 is 11.1 Å². The van der Waals surface area contributed by atoms with E-state index in [-0.39, 0.29) is 5.02 Å². The van der Waals surface area contributed by atoms with E-state index in [1.165, 1.54) is 18.3 Å². The number of nitrogen functional groups attached to an aromatic ring is 1. The Morgan fingerprint density at radius 3 is 2.84 bits per heavy atom. The number of hydrogen-bond donors (Lipinski definition) is 2. The average Bonchev–Trinajstić information content (AvgIpc) is 2.59. The smallest absolute Gasteiger partial charge is 0.141 e. The van der Waals surface area contributed by atoms with E-state index in [2.05, 4.69) is 22.9 Å². The van der Waals surface area contributed by atoms with Crippen molar-refractivity contribution in [2.24, 2.45) is 0 Å². The van der Waals surface area contributed by atoms with Gasteiger partial charge in [0.2, 0.25) is 0 Å². The van der Waals surface area contributed by atoms with Gasteiger partial charge in [0.15, 0.2) is 0 Å². The van der Waals surface area contributed by atoms with E-state index in [1.807, 2.05) is 6.07 Å². The summed E-state index contributed by atoms with van der Waals surface area (Å²) in [7, 11) is 0. The van der Waals surface area contributed by atoms with Gasteiger partial charge >= 0.3 is 0 Å². The van der Waals surface area contributed by atoms with E-state index in [0.717, 1.165) is 11.1 Å². The number of nitrogens with two attached hydrogens (primary N) is 1. The molecule has 0 saturated heterocycles. The van der Waals surface area contributed by atoms with Crippen LogP contribution in [0.2, 0.25) is 5.02 Å². The molecule has 3 rings (SSSR count). The number of nitrogens with zero attached hydrogens (tertiary/aromatic N) is 2. The first-order chi connectivity index (χ1) is 12.0. The molecule has 124 valence electrons. The van der Waals surface area contributed by atoms with E-state index in [0.29, 0.717) is 34.4 Å². The highest BCUT2D eigenvalue weighted by molar-refractivity contribution is 6.31. The fraction of sp³-hybridized carbons (Fsp3) is 0.0526. The molecule has 0 radical (unpaired) electrons. The van der Waals surface area contributed by atoms with Crippen molar-refractivity contribution >= 4 is 39.6 Å². The maximum Gasteiger partial charge on any atom is 0.141 e. The summed E-state index contributed by atoms with van der Waals surface area (Å²) in [6.45, 7) is 3.75. The molecule has 0 spiro atoms. The lowest BCUT2D eigenvalue weighted by molar-refractivity contribution is 0.628. The molecule has 0 amide bonds. The molecule has 3 aromatic rings. The summed E-state index contributed by atoms with van der Waals surface area (Å²) in [5.74, 6) is -0.509. The summed E-state index contributed by atoms with van der Waals surface area (Å²) < 4.78 is 13.4. The van der Waals surface area contributed by atoms with Crippen LogP contribution in [0.15, 0.2) is 49.2 Å². The highest BCUT2D eigenvalue weighted by Gasteiger charge is 2.13. The van der Waals surface area contributed by atoms with Crippen molar-refractivity contribution in [1.29, 1.82) is 5.26 Å². The van der Waals surface area contributed by atoms with Crippen molar-refractivity contribution in [2.45, 2.75) is 6.42 Å². The zero-order valence-corrected chi connectivity index (χ0v) is 13.9. The second kappa shape index (κ2) is 6.80. The number of nitriles is 1. The number of allylic oxidation sites excluding steroid dienone is 1. The molecule has 0 aliphatic carbocycles. The van der Waals surface area contributed by atoms with Crippen molar-refractivity contribution in [3.8, 4) is 6.07 Å². The van der Waals surface area contributed by atoms with Crippen LogP contribution in [0.3, 0.4) is 0 Å². The predicted molar refractivity (Wildman–Crippen MR) is 99.5 cm³/mol. The number of fused-ring (bicyclic) bond motifs is 1. The first kappa shape index (κ1) is 16.7. The molecule has 4 nitrogen and oxygen atoms in total. The molecule has 0 unspecified atom stereocenters. The molecule has 1 aromatic heterocycles. The van der Waals surface area contributed by atoms with Gasteiger partial charge in [-0.15, -0.1) is 6.58 Å². The van der Waals surface area contributed by atoms with Crippen LogP contribution in [0.4, 0.5) is 21.5 Å². The Morgan fingerprint density at radius 2 is 2.16 bits per heavy atom. The van der Waals surface area contributed by atoms with E-state index in [4.69, 9.17) is 17.3 Å². The van der Waals surface area contributed by atoms with Gasteiger partial charge in [-0.3, -0.25) is 4.98 Å². The minimum absolute atomic E-state index is 0.00581. The van der Waals surface area contributed by atoms with Gasteiger partial charge in [-0.05, 0) is 42.3 Å². The fourth-order valence-corrected chi connectivity index (χ4v) is 2.83. The number of aromatic nitrogens is 1. The molecule has 0 aliphatic heterocycles. The van der Waals surface area contributed by atoms with Crippen molar-refractivity contribution < 1.29 is 4.39 Å². The van der Waals surface area contributed by atoms with Gasteiger partial charge in [-0.2, -0.15) is 5.26 Å². The number of anilines is 3. The first-order valence-corrected chi connectivity index (χ1v) is 7.85. The molecular formula is C19H14ClFN4. The standard InChI is InChI=1S/C19H14ClFN4/c1-2-3-11-6-13(23)7-15-18(11)24-10-12(9-22)19(15)25-14-4-5-17(21)16(20)8-14/h2,4-8,10H,1,3,23H2,(H,24,25). The number of rotatable bonds is 4. The lowest BCUT2D eigenvalue weighted by Crippen LogP contribution is -2.00. The molecule has 1 heterocycles. The number of nitrogens with one attached hydrogen (secondary N) is 1. The minimum atomic E-state index is -0.509. The molecule has 0 fully saturated rings. The Hall–Kier alpha value is -3.10. The average molecular weight is 353 g/mol. The second-order valence-electron chi connectivity index (χ2n) is 5.48. The molecule has 6 heteroatoms. The van der Waals surface area contributed by atoms with Crippen molar-refractivity contribution in [3.05, 3.63) is 71.2 Å². The van der Waals surface area contributed by atoms with Crippen molar-refractivity contribution in [3.63, 3.8) is 0 Å². The Morgan fingerprint density at radius 1 is 1.36 bits per heavy atom. The summed E-state index contributed by atoms with van der Waals surface area (Å²) >= 11 is 5.84. The van der Waals surface area contributed by atoms with Crippen molar-refractivity contribution in [2.75, 3.05) is 11.1 Å². The summed E-state index contributed by atoms with van der Waals surface area (Å²) in [6.07, 6.45) is 3.86. The van der Waals surface area contributed by atoms with E-state index < -0.39 is 5.82 Å². The molecule has 0 aliphatic rings. The highest BCUT2D eigenvalue weighted by atomic mass is 35.5. The summed E-state index contributed by atoms with van der Waals surface area (Å²) in [5, 5.41) is 13.3. The third kappa shape index (κ3) is 3.25. The Kier molecular flexibility index (Phi) is 4.55. The molecule has 2 aromatic carbocycles. The van der Waals surface area contributed by atoms with Gasteiger partial charge in [-0.1, -0.05) is 17.7 Å². The second-order valence-corrected chi connectivity index (χ2v) is 5.89. The van der Waals surface area contributed by atoms with Crippen LogP contribution in [0.25, 0.3) is 10.9 Å². The topological polar surface area (TPSA) is 74.7 Å².